The van der Waals surface area contributed by atoms with Crippen LogP contribution in [0.2, 0.25) is 0 Å². The van der Waals surface area contributed by atoms with Gasteiger partial charge in [-0.15, -0.1) is 0 Å². The molecule has 0 heterocycles. The van der Waals surface area contributed by atoms with E-state index in [4.69, 9.17) is 4.74 Å². The van der Waals surface area contributed by atoms with Crippen molar-refractivity contribution in [1.29, 1.82) is 0 Å². The largest absolute Gasteiger partial charge is 0.465 e. The van der Waals surface area contributed by atoms with Gasteiger partial charge in [-0.05, 0) is 37.8 Å². The Balaban J connectivity index is 2.39. The maximum Gasteiger partial charge on any atom is 0.306 e. The van der Waals surface area contributed by atoms with Crippen LogP contribution in [0.25, 0.3) is 0 Å². The van der Waals surface area contributed by atoms with E-state index in [1.807, 2.05) is 52.8 Å². The average Bonchev–Trinajstić information content (AvgIpc) is 2.64. The predicted molar refractivity (Wildman–Crippen MR) is 114 cm³/mol. The van der Waals surface area contributed by atoms with Crippen LogP contribution >= 0.6 is 7.14 Å². The molecule has 5 heteroatoms. The Morgan fingerprint density at radius 2 is 1.57 bits per heavy atom. The van der Waals surface area contributed by atoms with E-state index < -0.39 is 13.1 Å². The van der Waals surface area contributed by atoms with Gasteiger partial charge in [-0.3, -0.25) is 9.59 Å². The minimum Gasteiger partial charge on any atom is -0.465 e. The normalized spacial score (nSPS) is 13.2. The van der Waals surface area contributed by atoms with Crippen molar-refractivity contribution in [3.8, 4) is 0 Å². The summed E-state index contributed by atoms with van der Waals surface area (Å²) in [6.45, 7) is 9.91. The van der Waals surface area contributed by atoms with Gasteiger partial charge >= 0.3 is 5.97 Å². The topological polar surface area (TPSA) is 60.4 Å². The molecule has 1 atom stereocenters. The van der Waals surface area contributed by atoms with E-state index in [1.54, 1.807) is 24.3 Å². The first kappa shape index (κ1) is 22.1. The van der Waals surface area contributed by atoms with Crippen LogP contribution in [0.5, 0.6) is 0 Å². The fraction of sp³-hybridized carbons (Fsp3) is 0.391. The summed E-state index contributed by atoms with van der Waals surface area (Å²) < 4.78 is 19.2. The molecule has 0 aliphatic heterocycles. The lowest BCUT2D eigenvalue weighted by Crippen LogP contribution is -2.20. The molecule has 4 nitrogen and oxygen atoms in total. The van der Waals surface area contributed by atoms with Gasteiger partial charge in [0.2, 0.25) is 5.52 Å². The minimum absolute atomic E-state index is 0.0282. The average molecular weight is 400 g/mol. The monoisotopic (exact) mass is 400 g/mol. The molecule has 1 unspecified atom stereocenters. The zero-order valence-electron chi connectivity index (χ0n) is 17.3. The van der Waals surface area contributed by atoms with Gasteiger partial charge in [0.15, 0.2) is 7.14 Å². The summed E-state index contributed by atoms with van der Waals surface area (Å²) in [6.07, 6.45) is -0.0753. The fourth-order valence-corrected chi connectivity index (χ4v) is 5.86. The zero-order valence-corrected chi connectivity index (χ0v) is 18.2. The van der Waals surface area contributed by atoms with E-state index >= 15 is 0 Å². The molecule has 0 fully saturated rings. The quantitative estimate of drug-likeness (QED) is 0.461. The number of hydrogen-bond acceptors (Lipinski definition) is 4. The third-order valence-corrected chi connectivity index (χ3v) is 7.47. The van der Waals surface area contributed by atoms with Crippen molar-refractivity contribution in [1.82, 2.24) is 0 Å². The Morgan fingerprint density at radius 3 is 2.11 bits per heavy atom. The second-order valence-corrected chi connectivity index (χ2v) is 10.6. The molecular formula is C23H29O4P. The molecule has 2 aromatic carbocycles. The molecular weight excluding hydrogens is 371 g/mol. The van der Waals surface area contributed by atoms with Gasteiger partial charge < -0.3 is 9.30 Å². The van der Waals surface area contributed by atoms with Crippen molar-refractivity contribution < 1.29 is 18.9 Å². The third-order valence-electron chi connectivity index (χ3n) is 4.60. The van der Waals surface area contributed by atoms with E-state index in [2.05, 4.69) is 0 Å². The molecule has 0 amide bonds. The van der Waals surface area contributed by atoms with Gasteiger partial charge in [0.25, 0.3) is 0 Å². The van der Waals surface area contributed by atoms with Gasteiger partial charge in [-0.25, -0.2) is 0 Å². The summed E-state index contributed by atoms with van der Waals surface area (Å²) in [4.78, 5) is 25.6. The number of carbonyl (C=O) groups is 2. The number of esters is 1. The highest BCUT2D eigenvalue weighted by Crippen LogP contribution is 2.49. The van der Waals surface area contributed by atoms with Crippen molar-refractivity contribution in [2.45, 2.75) is 41.0 Å². The standard InChI is InChI=1S/C23H29O4P/c1-16(2)15-27-21(24)11-12-28(26,20-9-7-6-8-10-20)23(25)22-18(4)13-17(3)14-19(22)5/h6-10,13-14,16H,11-12,15H2,1-5H3. The van der Waals surface area contributed by atoms with E-state index in [1.165, 1.54) is 0 Å². The molecule has 0 N–H and O–H groups in total. The van der Waals surface area contributed by atoms with Crippen LogP contribution in [0.4, 0.5) is 0 Å². The molecule has 2 aromatic rings. The Morgan fingerprint density at radius 1 is 1.00 bits per heavy atom. The van der Waals surface area contributed by atoms with E-state index in [0.29, 0.717) is 17.5 Å². The number of rotatable bonds is 8. The highest BCUT2D eigenvalue weighted by atomic mass is 31.2. The van der Waals surface area contributed by atoms with Crippen molar-refractivity contribution in [2.75, 3.05) is 12.8 Å². The maximum atomic E-state index is 14.0. The number of hydrogen-bond donors (Lipinski definition) is 0. The van der Waals surface area contributed by atoms with Crippen molar-refractivity contribution in [3.63, 3.8) is 0 Å². The molecule has 0 bridgehead atoms. The SMILES string of the molecule is Cc1cc(C)c(C(=O)P(=O)(CCC(=O)OCC(C)C)c2ccccc2)c(C)c1. The minimum atomic E-state index is -3.49. The van der Waals surface area contributed by atoms with E-state index in [0.717, 1.165) is 16.7 Å². The molecule has 2 rings (SSSR count). The highest BCUT2D eigenvalue weighted by Gasteiger charge is 2.36. The van der Waals surface area contributed by atoms with Crippen LogP contribution in [-0.2, 0) is 14.1 Å². The second kappa shape index (κ2) is 9.34. The first-order valence-corrected chi connectivity index (χ1v) is 11.5. The lowest BCUT2D eigenvalue weighted by atomic mass is 10.0. The number of aryl methyl sites for hydroxylation is 3. The van der Waals surface area contributed by atoms with Crippen LogP contribution in [0, 0.1) is 26.7 Å². The van der Waals surface area contributed by atoms with Crippen LogP contribution in [-0.4, -0.2) is 24.3 Å². The van der Waals surface area contributed by atoms with Crippen LogP contribution in [0.3, 0.4) is 0 Å². The Bertz CT molecular complexity index is 877. The third kappa shape index (κ3) is 5.20. The van der Waals surface area contributed by atoms with Gasteiger partial charge in [-0.2, -0.15) is 0 Å². The summed E-state index contributed by atoms with van der Waals surface area (Å²) in [5.74, 6) is -0.195. The van der Waals surface area contributed by atoms with Crippen molar-refractivity contribution in [3.05, 3.63) is 64.7 Å². The van der Waals surface area contributed by atoms with Crippen molar-refractivity contribution in [2.24, 2.45) is 5.92 Å². The summed E-state index contributed by atoms with van der Waals surface area (Å²) >= 11 is 0. The zero-order chi connectivity index (χ0) is 20.9. The van der Waals surface area contributed by atoms with Crippen LogP contribution < -0.4 is 5.30 Å². The first-order chi connectivity index (χ1) is 13.1. The summed E-state index contributed by atoms with van der Waals surface area (Å²) in [7, 11) is -3.49. The second-order valence-electron chi connectivity index (χ2n) is 7.70. The highest BCUT2D eigenvalue weighted by molar-refractivity contribution is 7.87. The summed E-state index contributed by atoms with van der Waals surface area (Å²) in [5.41, 5.74) is 2.78. The van der Waals surface area contributed by atoms with Gasteiger partial charge in [0.05, 0.1) is 13.0 Å². The molecule has 150 valence electrons. The lowest BCUT2D eigenvalue weighted by Gasteiger charge is -2.20. The summed E-state index contributed by atoms with van der Waals surface area (Å²) in [5, 5.41) is 0.482. The molecule has 0 aromatic heterocycles. The maximum absolute atomic E-state index is 14.0. The predicted octanol–water partition coefficient (Wildman–Crippen LogP) is 5.03. The fourth-order valence-electron chi connectivity index (χ4n) is 3.30. The van der Waals surface area contributed by atoms with Gasteiger partial charge in [0.1, 0.15) is 0 Å². The molecule has 28 heavy (non-hydrogen) atoms. The van der Waals surface area contributed by atoms with Crippen molar-refractivity contribution >= 4 is 23.9 Å². The number of carbonyl (C=O) groups excluding carboxylic acids is 2. The Hall–Kier alpha value is -2.19. The van der Waals surface area contributed by atoms with E-state index in [9.17, 15) is 14.2 Å². The van der Waals surface area contributed by atoms with Crippen LogP contribution in [0.15, 0.2) is 42.5 Å². The number of benzene rings is 2. The van der Waals surface area contributed by atoms with Crippen LogP contribution in [0.1, 0.15) is 47.3 Å². The molecule has 0 spiro atoms. The molecule has 0 aliphatic carbocycles. The lowest BCUT2D eigenvalue weighted by molar-refractivity contribution is -0.144. The smallest absolute Gasteiger partial charge is 0.306 e. The van der Waals surface area contributed by atoms with Gasteiger partial charge in [0, 0.05) is 17.0 Å². The van der Waals surface area contributed by atoms with Gasteiger partial charge in [-0.1, -0.05) is 61.9 Å². The molecule has 0 saturated heterocycles. The molecule has 0 radical (unpaired) electrons. The Kier molecular flexibility index (Phi) is 7.37. The number of ether oxygens (including phenoxy) is 1. The Labute approximate surface area is 167 Å². The summed E-state index contributed by atoms with van der Waals surface area (Å²) in [6, 6.07) is 12.6. The first-order valence-electron chi connectivity index (χ1n) is 9.58. The molecule has 0 aliphatic rings. The van der Waals surface area contributed by atoms with E-state index in [-0.39, 0.29) is 24.0 Å². The molecule has 0 saturated carbocycles.